The summed E-state index contributed by atoms with van der Waals surface area (Å²) in [7, 11) is 0. The van der Waals surface area contributed by atoms with Gasteiger partial charge in [-0.15, -0.1) is 0 Å². The number of nitrogens with one attached hydrogen (secondary N) is 1. The average molecular weight is 276 g/mol. The van der Waals surface area contributed by atoms with Crippen molar-refractivity contribution in [3.63, 3.8) is 0 Å². The second-order valence-electron chi connectivity index (χ2n) is 4.25. The van der Waals surface area contributed by atoms with Crippen molar-refractivity contribution < 1.29 is 24.4 Å². The van der Waals surface area contributed by atoms with Crippen LogP contribution in [-0.2, 0) is 4.74 Å². The minimum atomic E-state index is -1.30. The van der Waals surface area contributed by atoms with Crippen molar-refractivity contribution in [2.75, 3.05) is 6.61 Å². The molecule has 8 nitrogen and oxygen atoms in total. The second-order valence-corrected chi connectivity index (χ2v) is 4.25. The van der Waals surface area contributed by atoms with Gasteiger partial charge in [0, 0.05) is 6.42 Å². The Balaban J connectivity index is 2.35. The average Bonchev–Trinajstić information content (AvgIpc) is 2.37. The zero-order valence-corrected chi connectivity index (χ0v) is 9.69. The maximum Gasteiger partial charge on any atom is 0.330 e. The Bertz CT molecular complexity index is 570. The predicted molar refractivity (Wildman–Crippen MR) is 58.9 cm³/mol. The van der Waals surface area contributed by atoms with Gasteiger partial charge in [0.05, 0.1) is 18.9 Å². The molecule has 2 heterocycles. The van der Waals surface area contributed by atoms with Crippen LogP contribution in [0.3, 0.4) is 0 Å². The molecule has 1 fully saturated rings. The first-order valence-corrected chi connectivity index (χ1v) is 5.57. The predicted octanol–water partition coefficient (Wildman–Crippen LogP) is -2.32. The first kappa shape index (κ1) is 13.9. The fourth-order valence-electron chi connectivity index (χ4n) is 1.94. The van der Waals surface area contributed by atoms with Gasteiger partial charge in [-0.2, -0.15) is 4.39 Å². The van der Waals surface area contributed by atoms with Crippen molar-refractivity contribution in [2.24, 2.45) is 0 Å². The lowest BCUT2D eigenvalue weighted by Gasteiger charge is -2.36. The van der Waals surface area contributed by atoms with Gasteiger partial charge in [-0.3, -0.25) is 14.3 Å². The maximum absolute atomic E-state index is 13.1. The smallest absolute Gasteiger partial charge is 0.330 e. The van der Waals surface area contributed by atoms with Crippen molar-refractivity contribution in [1.82, 2.24) is 9.55 Å². The Morgan fingerprint density at radius 1 is 1.47 bits per heavy atom. The molecule has 0 saturated carbocycles. The summed E-state index contributed by atoms with van der Waals surface area (Å²) in [5.74, 6) is -1.18. The van der Waals surface area contributed by atoms with Crippen LogP contribution >= 0.6 is 0 Å². The van der Waals surface area contributed by atoms with Gasteiger partial charge in [-0.25, -0.2) is 4.79 Å². The Hall–Kier alpha value is -1.55. The molecule has 4 atom stereocenters. The quantitative estimate of drug-likeness (QED) is 0.480. The summed E-state index contributed by atoms with van der Waals surface area (Å²) in [6, 6.07) is 0. The molecule has 2 rings (SSSR count). The summed E-state index contributed by atoms with van der Waals surface area (Å²) in [5.41, 5.74) is -2.06. The monoisotopic (exact) mass is 276 g/mol. The fraction of sp³-hybridized carbons (Fsp3) is 0.600. The largest absolute Gasteiger partial charge is 0.394 e. The number of hydrogen-bond donors (Lipinski definition) is 4. The number of aliphatic hydroxyl groups is 3. The number of rotatable bonds is 2. The van der Waals surface area contributed by atoms with Crippen LogP contribution < -0.4 is 11.2 Å². The summed E-state index contributed by atoms with van der Waals surface area (Å²) >= 11 is 0. The Morgan fingerprint density at radius 3 is 2.79 bits per heavy atom. The minimum Gasteiger partial charge on any atom is -0.394 e. The highest BCUT2D eigenvalue weighted by atomic mass is 19.1. The van der Waals surface area contributed by atoms with Crippen LogP contribution in [-0.4, -0.2) is 49.8 Å². The zero-order chi connectivity index (χ0) is 14.2. The number of hydrogen-bond acceptors (Lipinski definition) is 6. The molecule has 1 saturated heterocycles. The number of aliphatic hydroxyl groups excluding tert-OH is 3. The maximum atomic E-state index is 13.1. The van der Waals surface area contributed by atoms with Gasteiger partial charge in [0.15, 0.2) is 0 Å². The third-order valence-corrected chi connectivity index (χ3v) is 2.96. The molecule has 0 aromatic carbocycles. The van der Waals surface area contributed by atoms with Crippen molar-refractivity contribution in [2.45, 2.75) is 31.0 Å². The number of ether oxygens (including phenoxy) is 1. The van der Waals surface area contributed by atoms with Crippen LogP contribution in [0.5, 0.6) is 0 Å². The minimum absolute atomic E-state index is 0.178. The molecule has 9 heteroatoms. The third-order valence-electron chi connectivity index (χ3n) is 2.96. The number of halogens is 1. The molecule has 0 bridgehead atoms. The van der Waals surface area contributed by atoms with Gasteiger partial charge in [0.25, 0.3) is 5.56 Å². The van der Waals surface area contributed by atoms with E-state index in [2.05, 4.69) is 0 Å². The van der Waals surface area contributed by atoms with Gasteiger partial charge < -0.3 is 20.1 Å². The molecular weight excluding hydrogens is 263 g/mol. The number of nitrogens with zero attached hydrogens (tertiary/aromatic N) is 1. The Labute approximate surface area is 105 Å². The van der Waals surface area contributed by atoms with E-state index in [1.807, 2.05) is 0 Å². The molecule has 0 aliphatic carbocycles. The van der Waals surface area contributed by atoms with E-state index in [1.165, 1.54) is 0 Å². The summed E-state index contributed by atoms with van der Waals surface area (Å²) < 4.78 is 19.1. The molecular formula is C10H13FN2O6. The number of aromatic amines is 1. The lowest BCUT2D eigenvalue weighted by atomic mass is 10.0. The van der Waals surface area contributed by atoms with Gasteiger partial charge in [-0.1, -0.05) is 0 Å². The number of H-pyrrole nitrogens is 1. The molecule has 106 valence electrons. The molecule has 1 aromatic heterocycles. The molecule has 0 unspecified atom stereocenters. The van der Waals surface area contributed by atoms with Crippen molar-refractivity contribution in [1.29, 1.82) is 0 Å². The van der Waals surface area contributed by atoms with Gasteiger partial charge >= 0.3 is 5.69 Å². The van der Waals surface area contributed by atoms with Crippen molar-refractivity contribution in [3.05, 3.63) is 32.9 Å². The summed E-state index contributed by atoms with van der Waals surface area (Å²) in [5, 5.41) is 28.1. The van der Waals surface area contributed by atoms with E-state index in [9.17, 15) is 24.2 Å². The summed E-state index contributed by atoms with van der Waals surface area (Å²) in [6.45, 7) is -0.574. The molecule has 1 aliphatic rings. The molecule has 1 aromatic rings. The Morgan fingerprint density at radius 2 is 2.16 bits per heavy atom. The molecule has 0 spiro atoms. The molecule has 19 heavy (non-hydrogen) atoms. The van der Waals surface area contributed by atoms with E-state index in [0.29, 0.717) is 6.20 Å². The van der Waals surface area contributed by atoms with Crippen LogP contribution in [0.4, 0.5) is 4.39 Å². The van der Waals surface area contributed by atoms with Gasteiger partial charge in [-0.05, 0) is 0 Å². The van der Waals surface area contributed by atoms with Crippen LogP contribution in [0.15, 0.2) is 15.8 Å². The third kappa shape index (κ3) is 2.59. The summed E-state index contributed by atoms with van der Waals surface area (Å²) in [4.78, 5) is 24.2. The van der Waals surface area contributed by atoms with E-state index in [1.54, 1.807) is 4.98 Å². The van der Waals surface area contributed by atoms with Crippen LogP contribution in [0.2, 0.25) is 0 Å². The standard InChI is InChI=1S/C10H13FN2O6/c11-4-2-13(10(18)12-9(4)17)7-1-5(15)8(16)6(3-14)19-7/h2,5-8,14-16H,1,3H2,(H,12,17,18)/t5-,6-,7+,8+/m1/s1. The molecule has 1 aliphatic heterocycles. The first-order valence-electron chi connectivity index (χ1n) is 5.57. The molecule has 0 amide bonds. The van der Waals surface area contributed by atoms with Gasteiger partial charge in [0.2, 0.25) is 5.82 Å². The van der Waals surface area contributed by atoms with E-state index in [4.69, 9.17) is 9.84 Å². The molecule has 4 N–H and O–H groups in total. The highest BCUT2D eigenvalue weighted by Crippen LogP contribution is 2.26. The Kier molecular flexibility index (Phi) is 3.80. The van der Waals surface area contributed by atoms with Gasteiger partial charge in [0.1, 0.15) is 18.4 Å². The van der Waals surface area contributed by atoms with E-state index in [-0.39, 0.29) is 6.42 Å². The lowest BCUT2D eigenvalue weighted by molar-refractivity contribution is -0.202. The van der Waals surface area contributed by atoms with Crippen LogP contribution in [0.1, 0.15) is 12.6 Å². The highest BCUT2D eigenvalue weighted by Gasteiger charge is 2.37. The van der Waals surface area contributed by atoms with E-state index >= 15 is 0 Å². The lowest BCUT2D eigenvalue weighted by Crippen LogP contribution is -2.50. The van der Waals surface area contributed by atoms with Crippen molar-refractivity contribution in [3.8, 4) is 0 Å². The first-order chi connectivity index (χ1) is 8.93. The normalized spacial score (nSPS) is 31.4. The van der Waals surface area contributed by atoms with E-state index in [0.717, 1.165) is 4.57 Å². The fourth-order valence-corrected chi connectivity index (χ4v) is 1.94. The highest BCUT2D eigenvalue weighted by molar-refractivity contribution is 4.91. The number of aromatic nitrogens is 2. The summed E-state index contributed by atoms with van der Waals surface area (Å²) in [6.07, 6.45) is -4.25. The SMILES string of the molecule is O=c1[nH]c(=O)n([C@@H]2C[C@@H](O)[C@H](O)[C@@H](CO)O2)cc1F. The zero-order valence-electron chi connectivity index (χ0n) is 9.69. The topological polar surface area (TPSA) is 125 Å². The van der Waals surface area contributed by atoms with Crippen LogP contribution in [0.25, 0.3) is 0 Å². The van der Waals surface area contributed by atoms with Crippen LogP contribution in [0, 0.1) is 5.82 Å². The van der Waals surface area contributed by atoms with Crippen molar-refractivity contribution >= 4 is 0 Å². The van der Waals surface area contributed by atoms with E-state index < -0.39 is 48.2 Å². The molecule has 0 radical (unpaired) electrons. The second kappa shape index (κ2) is 5.21.